The molecule has 1 aliphatic rings. The van der Waals surface area contributed by atoms with E-state index in [4.69, 9.17) is 9.47 Å². The van der Waals surface area contributed by atoms with Crippen molar-refractivity contribution in [2.75, 3.05) is 30.5 Å². The van der Waals surface area contributed by atoms with E-state index in [1.54, 1.807) is 42.3 Å². The molecule has 8 nitrogen and oxygen atoms in total. The number of amides is 2. The molecular weight excluding hydrogens is 470 g/mol. The number of hydrogen-bond acceptors (Lipinski definition) is 6. The molecule has 2 amide bonds. The van der Waals surface area contributed by atoms with Crippen LogP contribution >= 0.6 is 0 Å². The summed E-state index contributed by atoms with van der Waals surface area (Å²) in [5, 5.41) is 3.39. The Bertz CT molecular complexity index is 1480. The van der Waals surface area contributed by atoms with Crippen molar-refractivity contribution in [3.63, 3.8) is 0 Å². The maximum absolute atomic E-state index is 13.1. The van der Waals surface area contributed by atoms with E-state index in [1.165, 1.54) is 0 Å². The molecule has 1 N–H and O–H groups in total. The zero-order chi connectivity index (χ0) is 25.8. The van der Waals surface area contributed by atoms with Gasteiger partial charge in [0.1, 0.15) is 5.75 Å². The van der Waals surface area contributed by atoms with Gasteiger partial charge in [-0.05, 0) is 55.0 Å². The standard InChI is InChI=1S/C29H25N3O5/c1-36-20-14-12-19(13-15-20)25-17-22(21-7-2-3-8-23(21)30-25)29(35)37-18-27(33)31-24-9-4-5-10-26(24)32-16-6-11-28(32)34/h2-5,7-10,12-15,17H,6,11,16,18H2,1H3,(H,31,33). The van der Waals surface area contributed by atoms with E-state index in [0.29, 0.717) is 52.3 Å². The number of aromatic nitrogens is 1. The van der Waals surface area contributed by atoms with E-state index in [0.717, 1.165) is 12.0 Å². The van der Waals surface area contributed by atoms with Gasteiger partial charge >= 0.3 is 5.97 Å². The third-order valence-electron chi connectivity index (χ3n) is 6.20. The van der Waals surface area contributed by atoms with Crippen LogP contribution in [0.4, 0.5) is 11.4 Å². The Kier molecular flexibility index (Phi) is 6.81. The van der Waals surface area contributed by atoms with E-state index in [2.05, 4.69) is 10.3 Å². The molecule has 186 valence electrons. The molecule has 0 bridgehead atoms. The second-order valence-electron chi connectivity index (χ2n) is 8.59. The van der Waals surface area contributed by atoms with E-state index < -0.39 is 18.5 Å². The van der Waals surface area contributed by atoms with Gasteiger partial charge in [-0.25, -0.2) is 9.78 Å². The summed E-state index contributed by atoms with van der Waals surface area (Å²) in [7, 11) is 1.60. The number of methoxy groups -OCH3 is 1. The number of nitrogens with zero attached hydrogens (tertiary/aromatic N) is 2. The van der Waals surface area contributed by atoms with Gasteiger partial charge in [0.25, 0.3) is 5.91 Å². The number of rotatable bonds is 7. The number of benzene rings is 3. The summed E-state index contributed by atoms with van der Waals surface area (Å²) in [5.41, 5.74) is 3.49. The van der Waals surface area contributed by atoms with Crippen LogP contribution in [0.3, 0.4) is 0 Å². The number of carbonyl (C=O) groups is 3. The van der Waals surface area contributed by atoms with Crippen molar-refractivity contribution < 1.29 is 23.9 Å². The van der Waals surface area contributed by atoms with Crippen LogP contribution in [-0.2, 0) is 14.3 Å². The highest BCUT2D eigenvalue weighted by molar-refractivity contribution is 6.06. The molecule has 0 radical (unpaired) electrons. The second kappa shape index (κ2) is 10.5. The Hall–Kier alpha value is -4.72. The van der Waals surface area contributed by atoms with Crippen molar-refractivity contribution in [3.8, 4) is 17.0 Å². The summed E-state index contributed by atoms with van der Waals surface area (Å²) in [6.45, 7) is 0.127. The van der Waals surface area contributed by atoms with Gasteiger partial charge in [-0.3, -0.25) is 9.59 Å². The van der Waals surface area contributed by atoms with Gasteiger partial charge in [0.15, 0.2) is 6.61 Å². The molecule has 0 aliphatic carbocycles. The number of fused-ring (bicyclic) bond motifs is 1. The second-order valence-corrected chi connectivity index (χ2v) is 8.59. The molecular formula is C29H25N3O5. The van der Waals surface area contributed by atoms with E-state index in [1.807, 2.05) is 48.5 Å². The van der Waals surface area contributed by atoms with Gasteiger partial charge in [0.2, 0.25) is 5.91 Å². The van der Waals surface area contributed by atoms with Crippen molar-refractivity contribution in [1.29, 1.82) is 0 Å². The van der Waals surface area contributed by atoms with Crippen LogP contribution in [0.5, 0.6) is 5.75 Å². The predicted octanol–water partition coefficient (Wildman–Crippen LogP) is 4.83. The summed E-state index contributed by atoms with van der Waals surface area (Å²) >= 11 is 0. The molecule has 1 aromatic heterocycles. The first-order valence-corrected chi connectivity index (χ1v) is 11.9. The molecule has 8 heteroatoms. The molecule has 5 rings (SSSR count). The number of pyridine rings is 1. The average Bonchev–Trinajstić information content (AvgIpc) is 3.37. The zero-order valence-corrected chi connectivity index (χ0v) is 20.3. The number of para-hydroxylation sites is 3. The van der Waals surface area contributed by atoms with Crippen molar-refractivity contribution in [2.45, 2.75) is 12.8 Å². The van der Waals surface area contributed by atoms with Crippen LogP contribution in [0.25, 0.3) is 22.2 Å². The first-order chi connectivity index (χ1) is 18.0. The Morgan fingerprint density at radius 1 is 1.00 bits per heavy atom. The van der Waals surface area contributed by atoms with Crippen molar-refractivity contribution in [1.82, 2.24) is 4.98 Å². The SMILES string of the molecule is COc1ccc(-c2cc(C(=O)OCC(=O)Nc3ccccc3N3CCCC3=O)c3ccccc3n2)cc1. The minimum absolute atomic E-state index is 0.0188. The number of hydrogen-bond donors (Lipinski definition) is 1. The third-order valence-corrected chi connectivity index (χ3v) is 6.20. The summed E-state index contributed by atoms with van der Waals surface area (Å²) in [6.07, 6.45) is 1.26. The molecule has 1 fully saturated rings. The van der Waals surface area contributed by atoms with Crippen molar-refractivity contribution in [3.05, 3.63) is 84.4 Å². The largest absolute Gasteiger partial charge is 0.497 e. The Morgan fingerprint density at radius 2 is 1.76 bits per heavy atom. The summed E-state index contributed by atoms with van der Waals surface area (Å²) in [5.74, 6) is -0.399. The van der Waals surface area contributed by atoms with Crippen LogP contribution in [-0.4, -0.2) is 43.0 Å². The third kappa shape index (κ3) is 5.13. The smallest absolute Gasteiger partial charge is 0.339 e. The van der Waals surface area contributed by atoms with Crippen LogP contribution in [0.1, 0.15) is 23.2 Å². The average molecular weight is 496 g/mol. The van der Waals surface area contributed by atoms with E-state index in [9.17, 15) is 14.4 Å². The summed E-state index contributed by atoms with van der Waals surface area (Å²) in [6, 6.07) is 23.4. The number of carbonyl (C=O) groups excluding carboxylic acids is 3. The number of esters is 1. The molecule has 0 atom stereocenters. The highest BCUT2D eigenvalue weighted by atomic mass is 16.5. The van der Waals surface area contributed by atoms with Crippen molar-refractivity contribution >= 4 is 40.1 Å². The molecule has 4 aromatic rings. The van der Waals surface area contributed by atoms with Gasteiger partial charge in [-0.1, -0.05) is 30.3 Å². The molecule has 1 saturated heterocycles. The van der Waals surface area contributed by atoms with Crippen LogP contribution in [0.15, 0.2) is 78.9 Å². The van der Waals surface area contributed by atoms with Crippen LogP contribution < -0.4 is 15.0 Å². The molecule has 3 aromatic carbocycles. The Balaban J connectivity index is 1.34. The lowest BCUT2D eigenvalue weighted by atomic mass is 10.0. The van der Waals surface area contributed by atoms with Gasteiger partial charge in [0, 0.05) is 23.9 Å². The predicted molar refractivity (Wildman–Crippen MR) is 141 cm³/mol. The quantitative estimate of drug-likeness (QED) is 0.369. The first kappa shape index (κ1) is 24.0. The topological polar surface area (TPSA) is 97.8 Å². The Morgan fingerprint density at radius 3 is 2.51 bits per heavy atom. The Labute approximate surface area is 213 Å². The highest BCUT2D eigenvalue weighted by Crippen LogP contribution is 2.30. The van der Waals surface area contributed by atoms with Gasteiger partial charge in [0.05, 0.1) is 35.3 Å². The highest BCUT2D eigenvalue weighted by Gasteiger charge is 2.24. The zero-order valence-electron chi connectivity index (χ0n) is 20.3. The fourth-order valence-corrected chi connectivity index (χ4v) is 4.37. The molecule has 1 aliphatic heterocycles. The lowest BCUT2D eigenvalue weighted by molar-refractivity contribution is -0.119. The lowest BCUT2D eigenvalue weighted by Crippen LogP contribution is -2.27. The van der Waals surface area contributed by atoms with Crippen LogP contribution in [0, 0.1) is 0 Å². The lowest BCUT2D eigenvalue weighted by Gasteiger charge is -2.20. The normalized spacial score (nSPS) is 13.0. The van der Waals surface area contributed by atoms with E-state index in [-0.39, 0.29) is 5.91 Å². The fraction of sp³-hybridized carbons (Fsp3) is 0.172. The minimum atomic E-state index is -0.633. The van der Waals surface area contributed by atoms with Gasteiger partial charge < -0.3 is 19.7 Å². The maximum Gasteiger partial charge on any atom is 0.339 e. The maximum atomic E-state index is 13.1. The number of ether oxygens (including phenoxy) is 2. The molecule has 0 unspecified atom stereocenters. The van der Waals surface area contributed by atoms with Gasteiger partial charge in [-0.15, -0.1) is 0 Å². The summed E-state index contributed by atoms with van der Waals surface area (Å²) < 4.78 is 10.6. The molecule has 0 spiro atoms. The number of anilines is 2. The molecule has 2 heterocycles. The van der Waals surface area contributed by atoms with Crippen LogP contribution in [0.2, 0.25) is 0 Å². The minimum Gasteiger partial charge on any atom is -0.497 e. The first-order valence-electron chi connectivity index (χ1n) is 11.9. The monoisotopic (exact) mass is 495 g/mol. The van der Waals surface area contributed by atoms with E-state index >= 15 is 0 Å². The summed E-state index contributed by atoms with van der Waals surface area (Å²) in [4.78, 5) is 44.3. The molecule has 37 heavy (non-hydrogen) atoms. The fourth-order valence-electron chi connectivity index (χ4n) is 4.37. The van der Waals surface area contributed by atoms with Gasteiger partial charge in [-0.2, -0.15) is 0 Å². The van der Waals surface area contributed by atoms with Crippen molar-refractivity contribution in [2.24, 2.45) is 0 Å². The number of nitrogens with one attached hydrogen (secondary N) is 1. The molecule has 0 saturated carbocycles.